The molecule has 2 N–H and O–H groups in total. The lowest BCUT2D eigenvalue weighted by molar-refractivity contribution is -0.131. The highest BCUT2D eigenvalue weighted by Gasteiger charge is 2.32. The second kappa shape index (κ2) is 6.62. The van der Waals surface area contributed by atoms with E-state index < -0.39 is 17.5 Å². The number of carbonyl (C=O) groups is 2. The molecule has 0 bridgehead atoms. The van der Waals surface area contributed by atoms with Crippen LogP contribution in [0.5, 0.6) is 0 Å². The molecule has 21 heavy (non-hydrogen) atoms. The van der Waals surface area contributed by atoms with Gasteiger partial charge in [0.25, 0.3) is 5.91 Å². The van der Waals surface area contributed by atoms with Crippen molar-refractivity contribution in [1.29, 1.82) is 0 Å². The zero-order valence-corrected chi connectivity index (χ0v) is 11.3. The molecule has 1 aromatic rings. The molecule has 0 heterocycles. The molecule has 5 nitrogen and oxygen atoms in total. The zero-order chi connectivity index (χ0) is 15.4. The average Bonchev–Trinajstić information content (AvgIpc) is 3.26. The van der Waals surface area contributed by atoms with Crippen molar-refractivity contribution >= 4 is 11.8 Å². The Bertz CT molecular complexity index is 547. The van der Waals surface area contributed by atoms with Crippen molar-refractivity contribution in [3.63, 3.8) is 0 Å². The number of rotatable bonds is 6. The lowest BCUT2D eigenvalue weighted by atomic mass is 10.2. The third kappa shape index (κ3) is 3.98. The maximum absolute atomic E-state index is 13.4. The molecule has 114 valence electrons. The second-order valence-electron chi connectivity index (χ2n) is 4.85. The number of nitrogens with zero attached hydrogens (tertiary/aromatic N) is 1. The highest BCUT2D eigenvalue weighted by molar-refractivity contribution is 5.96. The van der Waals surface area contributed by atoms with Crippen LogP contribution in [-0.2, 0) is 4.79 Å². The van der Waals surface area contributed by atoms with E-state index in [4.69, 9.17) is 5.11 Å². The number of aliphatic hydroxyl groups excluding tert-OH is 1. The van der Waals surface area contributed by atoms with Gasteiger partial charge in [-0.2, -0.15) is 0 Å². The lowest BCUT2D eigenvalue weighted by Crippen LogP contribution is -2.42. The zero-order valence-electron chi connectivity index (χ0n) is 11.3. The van der Waals surface area contributed by atoms with Crippen molar-refractivity contribution in [2.45, 2.75) is 18.9 Å². The van der Waals surface area contributed by atoms with E-state index >= 15 is 0 Å². The minimum atomic E-state index is -0.977. The first-order valence-corrected chi connectivity index (χ1v) is 6.66. The Morgan fingerprint density at radius 3 is 2.62 bits per heavy atom. The third-order valence-electron chi connectivity index (χ3n) is 3.22. The van der Waals surface area contributed by atoms with Gasteiger partial charge in [-0.25, -0.2) is 8.78 Å². The first-order valence-electron chi connectivity index (χ1n) is 6.66. The molecule has 0 spiro atoms. The number of benzene rings is 1. The van der Waals surface area contributed by atoms with Crippen LogP contribution in [0.3, 0.4) is 0 Å². The molecule has 2 rings (SSSR count). The smallest absolute Gasteiger partial charge is 0.254 e. The van der Waals surface area contributed by atoms with E-state index in [1.165, 1.54) is 4.90 Å². The molecule has 0 unspecified atom stereocenters. The van der Waals surface area contributed by atoms with Gasteiger partial charge >= 0.3 is 0 Å². The molecule has 0 radical (unpaired) electrons. The minimum absolute atomic E-state index is 0.115. The second-order valence-corrected chi connectivity index (χ2v) is 4.85. The van der Waals surface area contributed by atoms with Crippen molar-refractivity contribution in [3.8, 4) is 0 Å². The Balaban J connectivity index is 1.92. The number of hydrogen-bond donors (Lipinski definition) is 2. The summed E-state index contributed by atoms with van der Waals surface area (Å²) in [4.78, 5) is 25.2. The van der Waals surface area contributed by atoms with Gasteiger partial charge in [-0.1, -0.05) is 0 Å². The fourth-order valence-corrected chi connectivity index (χ4v) is 2.03. The van der Waals surface area contributed by atoms with Gasteiger partial charge in [-0.05, 0) is 25.0 Å². The van der Waals surface area contributed by atoms with Crippen molar-refractivity contribution in [1.82, 2.24) is 10.2 Å². The Morgan fingerprint density at radius 1 is 1.33 bits per heavy atom. The molecule has 1 aliphatic carbocycles. The average molecular weight is 298 g/mol. The topological polar surface area (TPSA) is 69.6 Å². The number of aliphatic hydroxyl groups is 1. The molecule has 2 amide bonds. The van der Waals surface area contributed by atoms with Gasteiger partial charge < -0.3 is 15.3 Å². The quantitative estimate of drug-likeness (QED) is 0.811. The number of carbonyl (C=O) groups excluding carboxylic acids is 2. The molecule has 0 atom stereocenters. The minimum Gasteiger partial charge on any atom is -0.395 e. The summed E-state index contributed by atoms with van der Waals surface area (Å²) in [6.45, 7) is -0.223. The molecular weight excluding hydrogens is 282 g/mol. The fraction of sp³-hybridized carbons (Fsp3) is 0.429. The van der Waals surface area contributed by atoms with Crippen LogP contribution in [0.25, 0.3) is 0 Å². The van der Waals surface area contributed by atoms with E-state index in [0.29, 0.717) is 6.07 Å². The van der Waals surface area contributed by atoms with Crippen LogP contribution >= 0.6 is 0 Å². The Morgan fingerprint density at radius 2 is 2.05 bits per heavy atom. The Hall–Kier alpha value is -2.02. The maximum Gasteiger partial charge on any atom is 0.254 e. The fourth-order valence-electron chi connectivity index (χ4n) is 2.03. The standard InChI is InChI=1S/C14H16F2N2O3/c15-9-1-4-11(12(16)7-9)14(21)17-8-13(20)18(5-6-19)10-2-3-10/h1,4,7,10,19H,2-3,5-6,8H2,(H,17,21). The molecule has 7 heteroatoms. The van der Waals surface area contributed by atoms with Crippen LogP contribution in [0.1, 0.15) is 23.2 Å². The van der Waals surface area contributed by atoms with E-state index in [9.17, 15) is 18.4 Å². The van der Waals surface area contributed by atoms with Crippen LogP contribution in [0.15, 0.2) is 18.2 Å². The number of hydrogen-bond acceptors (Lipinski definition) is 3. The summed E-state index contributed by atoms with van der Waals surface area (Å²) >= 11 is 0. The molecule has 1 saturated carbocycles. The molecular formula is C14H16F2N2O3. The highest BCUT2D eigenvalue weighted by atomic mass is 19.1. The summed E-state index contributed by atoms with van der Waals surface area (Å²) in [7, 11) is 0. The van der Waals surface area contributed by atoms with E-state index in [2.05, 4.69) is 5.32 Å². The van der Waals surface area contributed by atoms with Crippen molar-refractivity contribution in [2.75, 3.05) is 19.7 Å². The number of halogens is 2. The van der Waals surface area contributed by atoms with Gasteiger partial charge in [0, 0.05) is 18.7 Å². The molecule has 1 fully saturated rings. The summed E-state index contributed by atoms with van der Waals surface area (Å²) in [5, 5.41) is 11.2. The van der Waals surface area contributed by atoms with E-state index in [1.54, 1.807) is 0 Å². The molecule has 1 aliphatic rings. The largest absolute Gasteiger partial charge is 0.395 e. The van der Waals surface area contributed by atoms with Crippen molar-refractivity contribution in [2.24, 2.45) is 0 Å². The maximum atomic E-state index is 13.4. The summed E-state index contributed by atoms with van der Waals surface area (Å²) in [6, 6.07) is 2.72. The molecule has 0 aromatic heterocycles. The van der Waals surface area contributed by atoms with E-state index in [-0.39, 0.29) is 37.2 Å². The van der Waals surface area contributed by atoms with E-state index in [1.807, 2.05) is 0 Å². The third-order valence-corrected chi connectivity index (χ3v) is 3.22. The predicted molar refractivity (Wildman–Crippen MR) is 70.5 cm³/mol. The van der Waals surface area contributed by atoms with Gasteiger partial charge in [0.15, 0.2) is 0 Å². The monoisotopic (exact) mass is 298 g/mol. The summed E-state index contributed by atoms with van der Waals surface area (Å²) < 4.78 is 26.2. The Kier molecular flexibility index (Phi) is 4.85. The lowest BCUT2D eigenvalue weighted by Gasteiger charge is -2.21. The number of amides is 2. The number of nitrogens with one attached hydrogen (secondary N) is 1. The molecule has 0 aliphatic heterocycles. The first kappa shape index (κ1) is 15.4. The van der Waals surface area contributed by atoms with Crippen LogP contribution in [0, 0.1) is 11.6 Å². The van der Waals surface area contributed by atoms with Crippen LogP contribution in [0.2, 0.25) is 0 Å². The van der Waals surface area contributed by atoms with Crippen molar-refractivity contribution in [3.05, 3.63) is 35.4 Å². The van der Waals surface area contributed by atoms with Gasteiger partial charge in [0.05, 0.1) is 18.7 Å². The van der Waals surface area contributed by atoms with Crippen LogP contribution < -0.4 is 5.32 Å². The summed E-state index contributed by atoms with van der Waals surface area (Å²) in [5.41, 5.74) is -0.315. The highest BCUT2D eigenvalue weighted by Crippen LogP contribution is 2.26. The molecule has 0 saturated heterocycles. The van der Waals surface area contributed by atoms with E-state index in [0.717, 1.165) is 25.0 Å². The van der Waals surface area contributed by atoms with Gasteiger partial charge in [0.1, 0.15) is 11.6 Å². The SMILES string of the molecule is O=C(NCC(=O)N(CCO)C1CC1)c1ccc(F)cc1F. The van der Waals surface area contributed by atoms with Crippen LogP contribution in [-0.4, -0.2) is 47.6 Å². The summed E-state index contributed by atoms with van der Waals surface area (Å²) in [6.07, 6.45) is 1.76. The first-order chi connectivity index (χ1) is 10.0. The van der Waals surface area contributed by atoms with Gasteiger partial charge in [0.2, 0.25) is 5.91 Å². The molecule has 1 aromatic carbocycles. The Labute approximate surface area is 120 Å². The summed E-state index contributed by atoms with van der Waals surface area (Å²) in [5.74, 6) is -2.86. The predicted octanol–water partition coefficient (Wildman–Crippen LogP) is 0.678. The van der Waals surface area contributed by atoms with Gasteiger partial charge in [-0.3, -0.25) is 9.59 Å². The normalized spacial score (nSPS) is 13.9. The van der Waals surface area contributed by atoms with Gasteiger partial charge in [-0.15, -0.1) is 0 Å². The van der Waals surface area contributed by atoms with Crippen LogP contribution in [0.4, 0.5) is 8.78 Å². The van der Waals surface area contributed by atoms with Crippen molar-refractivity contribution < 1.29 is 23.5 Å².